The van der Waals surface area contributed by atoms with Gasteiger partial charge in [0.25, 0.3) is 0 Å². The summed E-state index contributed by atoms with van der Waals surface area (Å²) in [5.74, 6) is 1.78. The van der Waals surface area contributed by atoms with Crippen molar-refractivity contribution in [1.29, 1.82) is 0 Å². The van der Waals surface area contributed by atoms with Gasteiger partial charge in [-0.3, -0.25) is 0 Å². The topological polar surface area (TPSA) is 22.3 Å². The van der Waals surface area contributed by atoms with Gasteiger partial charge in [0.1, 0.15) is 13.0 Å². The van der Waals surface area contributed by atoms with Crippen LogP contribution in [0.4, 0.5) is 0 Å². The fraction of sp³-hybridized carbons (Fsp3) is 0.179. The van der Waals surface area contributed by atoms with Gasteiger partial charge in [-0.1, -0.05) is 54.6 Å². The minimum atomic E-state index is -1.72. The van der Waals surface area contributed by atoms with Crippen LogP contribution in [0.3, 0.4) is 0 Å². The third kappa shape index (κ3) is 3.59. The molecular formula is C28H28BN2O2+. The van der Waals surface area contributed by atoms with Gasteiger partial charge in [-0.05, 0) is 30.3 Å². The van der Waals surface area contributed by atoms with Gasteiger partial charge in [0.05, 0.1) is 36.7 Å². The molecule has 0 aliphatic carbocycles. The average molecular weight is 435 g/mol. The van der Waals surface area contributed by atoms with Crippen LogP contribution < -0.4 is 13.9 Å². The molecule has 0 N–H and O–H groups in total. The first-order chi connectivity index (χ1) is 16.0. The van der Waals surface area contributed by atoms with Crippen LogP contribution in [0.15, 0.2) is 97.1 Å². The van der Waals surface area contributed by atoms with E-state index in [-0.39, 0.29) is 0 Å². The second-order valence-electron chi connectivity index (χ2n) is 9.95. The number of pyridine rings is 1. The number of quaternary nitrogens is 1. The summed E-state index contributed by atoms with van der Waals surface area (Å²) >= 11 is 0. The van der Waals surface area contributed by atoms with Gasteiger partial charge in [-0.2, -0.15) is 0 Å². The summed E-state index contributed by atoms with van der Waals surface area (Å²) in [5.41, 5.74) is 5.87. The quantitative estimate of drug-likeness (QED) is 0.259. The van der Waals surface area contributed by atoms with E-state index in [2.05, 4.69) is 104 Å². The van der Waals surface area contributed by atoms with E-state index in [0.29, 0.717) is 6.44 Å². The lowest BCUT2D eigenvalue weighted by Crippen LogP contribution is -2.67. The smallest absolute Gasteiger partial charge is 0.461 e. The van der Waals surface area contributed by atoms with Crippen LogP contribution in [0.2, 0.25) is 0 Å². The lowest BCUT2D eigenvalue weighted by molar-refractivity contribution is -0.895. The highest BCUT2D eigenvalue weighted by Crippen LogP contribution is 2.40. The zero-order valence-electron chi connectivity index (χ0n) is 19.1. The van der Waals surface area contributed by atoms with Crippen LogP contribution in [0.25, 0.3) is 22.5 Å². The molecule has 4 aromatic rings. The summed E-state index contributed by atoms with van der Waals surface area (Å²) in [6.07, 6.45) is 1.42. The Morgan fingerprint density at radius 1 is 0.697 bits per heavy atom. The lowest BCUT2D eigenvalue weighted by Gasteiger charge is -2.44. The van der Waals surface area contributed by atoms with Crippen molar-refractivity contribution < 1.29 is 18.4 Å². The molecule has 2 aliphatic heterocycles. The number of rotatable bonds is 4. The number of hydrogen-bond acceptors (Lipinski definition) is 2. The van der Waals surface area contributed by atoms with E-state index >= 15 is 0 Å². The van der Waals surface area contributed by atoms with Gasteiger partial charge >= 0.3 is 6.55 Å². The van der Waals surface area contributed by atoms with E-state index in [9.17, 15) is 0 Å². The number of para-hydroxylation sites is 2. The first-order valence-corrected chi connectivity index (χ1v) is 11.6. The molecule has 0 atom stereocenters. The Kier molecular flexibility index (Phi) is 4.56. The monoisotopic (exact) mass is 435 g/mol. The highest BCUT2D eigenvalue weighted by Gasteiger charge is 2.49. The fourth-order valence-corrected chi connectivity index (χ4v) is 5.64. The minimum absolute atomic E-state index is 0.672. The van der Waals surface area contributed by atoms with Gasteiger partial charge < -0.3 is 13.8 Å². The SMILES string of the molecule is C[N+](C)(Cc1ccccc1)C[B-]12C[n+]3c(cccc3-c3ccccc3O1)-c1ccccc1O2. The van der Waals surface area contributed by atoms with Crippen molar-refractivity contribution in [2.75, 3.05) is 20.5 Å². The number of nitrogens with zero attached hydrogens (tertiary/aromatic N) is 2. The summed E-state index contributed by atoms with van der Waals surface area (Å²) < 4.78 is 17.0. The highest BCUT2D eigenvalue weighted by molar-refractivity contribution is 6.67. The molecule has 0 radical (unpaired) electrons. The van der Waals surface area contributed by atoms with Crippen molar-refractivity contribution >= 4 is 6.55 Å². The predicted octanol–water partition coefficient (Wildman–Crippen LogP) is 4.89. The predicted molar refractivity (Wildman–Crippen MR) is 132 cm³/mol. The normalized spacial score (nSPS) is 15.2. The van der Waals surface area contributed by atoms with Gasteiger partial charge in [0.2, 0.25) is 11.4 Å². The summed E-state index contributed by atoms with van der Waals surface area (Å²) in [6, 6.07) is 33.9. The molecule has 6 rings (SSSR count). The van der Waals surface area contributed by atoms with Crippen LogP contribution in [0.5, 0.6) is 11.5 Å². The third-order valence-corrected chi connectivity index (χ3v) is 6.79. The third-order valence-electron chi connectivity index (χ3n) is 6.79. The zero-order chi connectivity index (χ0) is 22.5. The maximum absolute atomic E-state index is 6.94. The van der Waals surface area contributed by atoms with Gasteiger partial charge in [-0.25, -0.2) is 4.57 Å². The van der Waals surface area contributed by atoms with Crippen molar-refractivity contribution in [3.8, 4) is 34.0 Å². The molecule has 0 saturated carbocycles. The summed E-state index contributed by atoms with van der Waals surface area (Å²) in [6.45, 7) is -0.822. The number of aromatic nitrogens is 1. The summed E-state index contributed by atoms with van der Waals surface area (Å²) in [7, 11) is 4.53. The molecule has 0 amide bonds. The van der Waals surface area contributed by atoms with E-state index in [0.717, 1.165) is 40.1 Å². The minimum Gasteiger partial charge on any atom is -0.676 e. The van der Waals surface area contributed by atoms with Gasteiger partial charge in [0.15, 0.2) is 0 Å². The molecule has 3 aromatic carbocycles. The zero-order valence-corrected chi connectivity index (χ0v) is 19.1. The second kappa shape index (κ2) is 7.50. The van der Waals surface area contributed by atoms with Crippen LogP contribution in [-0.2, 0) is 13.0 Å². The molecule has 33 heavy (non-hydrogen) atoms. The maximum atomic E-state index is 6.94. The molecule has 0 fully saturated rings. The molecule has 0 saturated heterocycles. The molecule has 0 spiro atoms. The summed E-state index contributed by atoms with van der Waals surface area (Å²) in [4.78, 5) is 0. The molecule has 3 heterocycles. The Morgan fingerprint density at radius 3 is 1.85 bits per heavy atom. The number of hydrogen-bond donors (Lipinski definition) is 0. The number of fused-ring (bicyclic) bond motifs is 5. The first-order valence-electron chi connectivity index (χ1n) is 11.6. The Hall–Kier alpha value is -3.57. The van der Waals surface area contributed by atoms with Gasteiger partial charge in [-0.15, -0.1) is 0 Å². The lowest BCUT2D eigenvalue weighted by atomic mass is 9.55. The number of benzene rings is 3. The Labute approximate surface area is 195 Å². The fourth-order valence-electron chi connectivity index (χ4n) is 5.64. The molecule has 4 nitrogen and oxygen atoms in total. The molecule has 2 aliphatic rings. The molecular weight excluding hydrogens is 407 g/mol. The Morgan fingerprint density at radius 2 is 1.24 bits per heavy atom. The van der Waals surface area contributed by atoms with E-state index in [4.69, 9.17) is 9.31 Å². The standard InChI is InChI=1S/C28H28BN2O2/c1-31(2,19-22-11-4-3-5-12-22)21-29-20-30-25(23-13-6-8-17-27(23)32-29)15-10-16-26(30)24-14-7-9-18-28(24)33-29/h3-18H,19-21H2,1-2H3/q+1. The average Bonchev–Trinajstić information content (AvgIpc) is 3.02. The van der Waals surface area contributed by atoms with Gasteiger partial charge in [0, 0.05) is 24.1 Å². The van der Waals surface area contributed by atoms with Crippen molar-refractivity contribution in [1.82, 2.24) is 0 Å². The maximum Gasteiger partial charge on any atom is 0.461 e. The van der Waals surface area contributed by atoms with Crippen molar-refractivity contribution in [2.45, 2.75) is 13.0 Å². The van der Waals surface area contributed by atoms with Crippen molar-refractivity contribution in [2.24, 2.45) is 0 Å². The van der Waals surface area contributed by atoms with Crippen LogP contribution >= 0.6 is 0 Å². The first kappa shape index (κ1) is 20.1. The molecule has 164 valence electrons. The molecule has 1 aromatic heterocycles. The largest absolute Gasteiger partial charge is 0.676 e. The molecule has 0 unspecified atom stereocenters. The van der Waals surface area contributed by atoms with E-state index in [1.807, 2.05) is 12.1 Å². The van der Waals surface area contributed by atoms with E-state index < -0.39 is 6.55 Å². The Bertz CT molecular complexity index is 1270. The molecule has 2 bridgehead atoms. The Balaban J connectivity index is 1.52. The van der Waals surface area contributed by atoms with E-state index in [1.54, 1.807) is 0 Å². The highest BCUT2D eigenvalue weighted by atomic mass is 16.6. The molecule has 5 heteroatoms. The van der Waals surface area contributed by atoms with Crippen molar-refractivity contribution in [3.05, 3.63) is 103 Å². The van der Waals surface area contributed by atoms with Crippen LogP contribution in [0.1, 0.15) is 5.56 Å². The van der Waals surface area contributed by atoms with Crippen molar-refractivity contribution in [3.63, 3.8) is 0 Å². The van der Waals surface area contributed by atoms with Crippen LogP contribution in [0, 0.1) is 0 Å². The second-order valence-corrected chi connectivity index (χ2v) is 9.95. The summed E-state index contributed by atoms with van der Waals surface area (Å²) in [5, 5.41) is 0. The van der Waals surface area contributed by atoms with Crippen LogP contribution in [-0.4, -0.2) is 31.6 Å². The van der Waals surface area contributed by atoms with E-state index in [1.165, 1.54) is 17.0 Å².